The van der Waals surface area contributed by atoms with E-state index in [0.29, 0.717) is 12.5 Å². The first-order valence-corrected chi connectivity index (χ1v) is 4.77. The SMILES string of the molecule is CC(C)CCNCCOCC(F)(F)F. The average Bonchev–Trinajstić information content (AvgIpc) is 2.00. The summed E-state index contributed by atoms with van der Waals surface area (Å²) in [6, 6.07) is 0. The topological polar surface area (TPSA) is 21.3 Å². The van der Waals surface area contributed by atoms with Crippen LogP contribution >= 0.6 is 0 Å². The summed E-state index contributed by atoms with van der Waals surface area (Å²) in [7, 11) is 0. The molecule has 0 aliphatic rings. The van der Waals surface area contributed by atoms with Crippen LogP contribution in [0, 0.1) is 5.92 Å². The lowest BCUT2D eigenvalue weighted by atomic mass is 10.1. The molecule has 0 rings (SSSR count). The Labute approximate surface area is 82.8 Å². The van der Waals surface area contributed by atoms with Gasteiger partial charge in [-0.15, -0.1) is 0 Å². The van der Waals surface area contributed by atoms with Crippen LogP contribution in [0.2, 0.25) is 0 Å². The fraction of sp³-hybridized carbons (Fsp3) is 1.00. The van der Waals surface area contributed by atoms with Crippen molar-refractivity contribution in [2.24, 2.45) is 5.92 Å². The van der Waals surface area contributed by atoms with Gasteiger partial charge in [-0.25, -0.2) is 0 Å². The Morgan fingerprint density at radius 1 is 1.21 bits per heavy atom. The molecule has 0 unspecified atom stereocenters. The van der Waals surface area contributed by atoms with Crippen LogP contribution in [0.3, 0.4) is 0 Å². The molecule has 0 aliphatic heterocycles. The molecule has 2 nitrogen and oxygen atoms in total. The maximum Gasteiger partial charge on any atom is 0.411 e. The highest BCUT2D eigenvalue weighted by atomic mass is 19.4. The van der Waals surface area contributed by atoms with Gasteiger partial charge in [-0.3, -0.25) is 0 Å². The third kappa shape index (κ3) is 11.7. The summed E-state index contributed by atoms with van der Waals surface area (Å²) in [5.41, 5.74) is 0. The van der Waals surface area contributed by atoms with Crippen molar-refractivity contribution < 1.29 is 17.9 Å². The highest BCUT2D eigenvalue weighted by Gasteiger charge is 2.27. The van der Waals surface area contributed by atoms with Crippen LogP contribution in [0.15, 0.2) is 0 Å². The van der Waals surface area contributed by atoms with Gasteiger partial charge in [0, 0.05) is 6.54 Å². The number of halogens is 3. The van der Waals surface area contributed by atoms with Gasteiger partial charge in [0.2, 0.25) is 0 Å². The molecule has 0 aromatic rings. The van der Waals surface area contributed by atoms with Crippen LogP contribution in [0.4, 0.5) is 13.2 Å². The second-order valence-electron chi connectivity index (χ2n) is 3.60. The molecule has 0 atom stereocenters. The summed E-state index contributed by atoms with van der Waals surface area (Å²) in [5.74, 6) is 0.610. The number of ether oxygens (including phenoxy) is 1. The molecule has 0 aromatic carbocycles. The molecule has 0 aromatic heterocycles. The highest BCUT2D eigenvalue weighted by molar-refractivity contribution is 4.51. The van der Waals surface area contributed by atoms with E-state index in [-0.39, 0.29) is 6.61 Å². The number of hydrogen-bond acceptors (Lipinski definition) is 2. The maximum absolute atomic E-state index is 11.6. The summed E-state index contributed by atoms with van der Waals surface area (Å²) >= 11 is 0. The van der Waals surface area contributed by atoms with Crippen molar-refractivity contribution in [2.45, 2.75) is 26.4 Å². The summed E-state index contributed by atoms with van der Waals surface area (Å²) in [4.78, 5) is 0. The normalized spacial score (nSPS) is 12.4. The van der Waals surface area contributed by atoms with Crippen LogP contribution < -0.4 is 5.32 Å². The van der Waals surface area contributed by atoms with E-state index < -0.39 is 12.8 Å². The predicted molar refractivity (Wildman–Crippen MR) is 49.2 cm³/mol. The van der Waals surface area contributed by atoms with Gasteiger partial charge in [0.15, 0.2) is 0 Å². The Balaban J connectivity index is 3.07. The van der Waals surface area contributed by atoms with E-state index in [9.17, 15) is 13.2 Å². The number of hydrogen-bond donors (Lipinski definition) is 1. The first-order valence-electron chi connectivity index (χ1n) is 4.77. The summed E-state index contributed by atoms with van der Waals surface area (Å²) in [5, 5.41) is 3.01. The second kappa shape index (κ2) is 7.06. The quantitative estimate of drug-likeness (QED) is 0.655. The molecular formula is C9H18F3NO. The van der Waals surface area contributed by atoms with Gasteiger partial charge in [0.05, 0.1) is 6.61 Å². The van der Waals surface area contributed by atoms with Crippen molar-refractivity contribution in [3.63, 3.8) is 0 Å². The predicted octanol–water partition coefficient (Wildman–Crippen LogP) is 2.20. The minimum absolute atomic E-state index is 0.109. The molecule has 0 amide bonds. The molecule has 0 bridgehead atoms. The molecule has 5 heteroatoms. The van der Waals surface area contributed by atoms with Crippen molar-refractivity contribution >= 4 is 0 Å². The molecule has 14 heavy (non-hydrogen) atoms. The molecule has 0 aliphatic carbocycles. The van der Waals surface area contributed by atoms with Gasteiger partial charge in [-0.1, -0.05) is 13.8 Å². The number of nitrogens with one attached hydrogen (secondary N) is 1. The van der Waals surface area contributed by atoms with Crippen LogP contribution in [0.1, 0.15) is 20.3 Å². The standard InChI is InChI=1S/C9H18F3NO/c1-8(2)3-4-13-5-6-14-7-9(10,11)12/h8,13H,3-7H2,1-2H3. The third-order valence-corrected chi connectivity index (χ3v) is 1.59. The number of alkyl halides is 3. The highest BCUT2D eigenvalue weighted by Crippen LogP contribution is 2.13. The van der Waals surface area contributed by atoms with Crippen molar-refractivity contribution in [2.75, 3.05) is 26.3 Å². The summed E-state index contributed by atoms with van der Waals surface area (Å²) in [6.45, 7) is 4.45. The average molecular weight is 213 g/mol. The molecular weight excluding hydrogens is 195 g/mol. The van der Waals surface area contributed by atoms with E-state index >= 15 is 0 Å². The molecule has 0 radical (unpaired) electrons. The molecule has 0 fully saturated rings. The van der Waals surface area contributed by atoms with E-state index in [2.05, 4.69) is 23.9 Å². The lowest BCUT2D eigenvalue weighted by Crippen LogP contribution is -2.25. The summed E-state index contributed by atoms with van der Waals surface area (Å²) < 4.78 is 39.2. The van der Waals surface area contributed by atoms with Gasteiger partial charge in [-0.2, -0.15) is 13.2 Å². The molecule has 0 saturated carbocycles. The van der Waals surface area contributed by atoms with Crippen LogP contribution in [-0.2, 0) is 4.74 Å². The Hall–Kier alpha value is -0.290. The molecule has 0 saturated heterocycles. The molecule has 0 heterocycles. The lowest BCUT2D eigenvalue weighted by Gasteiger charge is -2.09. The van der Waals surface area contributed by atoms with Crippen molar-refractivity contribution in [1.29, 1.82) is 0 Å². The lowest BCUT2D eigenvalue weighted by molar-refractivity contribution is -0.173. The zero-order valence-corrected chi connectivity index (χ0v) is 8.66. The van der Waals surface area contributed by atoms with Gasteiger partial charge >= 0.3 is 6.18 Å². The smallest absolute Gasteiger partial charge is 0.371 e. The molecule has 0 spiro atoms. The van der Waals surface area contributed by atoms with Gasteiger partial charge < -0.3 is 10.1 Å². The van der Waals surface area contributed by atoms with Gasteiger partial charge in [0.25, 0.3) is 0 Å². The van der Waals surface area contributed by atoms with E-state index in [0.717, 1.165) is 13.0 Å². The maximum atomic E-state index is 11.6. The Morgan fingerprint density at radius 2 is 1.86 bits per heavy atom. The second-order valence-corrected chi connectivity index (χ2v) is 3.60. The minimum atomic E-state index is -4.21. The van der Waals surface area contributed by atoms with Crippen LogP contribution in [-0.4, -0.2) is 32.5 Å². The van der Waals surface area contributed by atoms with Gasteiger partial charge in [0.1, 0.15) is 6.61 Å². The zero-order valence-electron chi connectivity index (χ0n) is 8.66. The Bertz CT molecular complexity index is 137. The largest absolute Gasteiger partial charge is 0.411 e. The van der Waals surface area contributed by atoms with Crippen molar-refractivity contribution in [1.82, 2.24) is 5.32 Å². The monoisotopic (exact) mass is 213 g/mol. The van der Waals surface area contributed by atoms with Gasteiger partial charge in [-0.05, 0) is 18.9 Å². The van der Waals surface area contributed by atoms with Crippen molar-refractivity contribution in [3.05, 3.63) is 0 Å². The first kappa shape index (κ1) is 13.7. The van der Waals surface area contributed by atoms with E-state index in [1.54, 1.807) is 0 Å². The zero-order chi connectivity index (χ0) is 11.0. The Morgan fingerprint density at radius 3 is 2.36 bits per heavy atom. The van der Waals surface area contributed by atoms with E-state index in [1.807, 2.05) is 0 Å². The Kier molecular flexibility index (Phi) is 6.92. The van der Waals surface area contributed by atoms with E-state index in [1.165, 1.54) is 0 Å². The first-order chi connectivity index (χ1) is 6.42. The van der Waals surface area contributed by atoms with Crippen molar-refractivity contribution in [3.8, 4) is 0 Å². The molecule has 86 valence electrons. The fourth-order valence-corrected chi connectivity index (χ4v) is 0.848. The molecule has 1 N–H and O–H groups in total. The van der Waals surface area contributed by atoms with Crippen LogP contribution in [0.5, 0.6) is 0 Å². The van der Waals surface area contributed by atoms with E-state index in [4.69, 9.17) is 0 Å². The summed E-state index contributed by atoms with van der Waals surface area (Å²) in [6.07, 6.45) is -3.18. The number of rotatable bonds is 7. The third-order valence-electron chi connectivity index (χ3n) is 1.59. The fourth-order valence-electron chi connectivity index (χ4n) is 0.848. The minimum Gasteiger partial charge on any atom is -0.371 e. The van der Waals surface area contributed by atoms with Crippen LogP contribution in [0.25, 0.3) is 0 Å².